The largest absolute Gasteiger partial charge is 0.480 e. The van der Waals surface area contributed by atoms with Crippen molar-refractivity contribution in [2.45, 2.75) is 31.4 Å². The summed E-state index contributed by atoms with van der Waals surface area (Å²) in [4.78, 5) is 24.5. The third kappa shape index (κ3) is 2.03. The minimum Gasteiger partial charge on any atom is -0.480 e. The second-order valence-corrected chi connectivity index (χ2v) is 4.13. The highest BCUT2D eigenvalue weighted by Crippen LogP contribution is 2.29. The Balaban J connectivity index is 2.87. The Morgan fingerprint density at radius 3 is 2.69 bits per heavy atom. The molecular weight excluding hydrogens is 212 g/mol. The van der Waals surface area contributed by atoms with Crippen LogP contribution in [0.3, 0.4) is 0 Å². The summed E-state index contributed by atoms with van der Waals surface area (Å²) in [5, 5.41) is 9.15. The van der Waals surface area contributed by atoms with Crippen LogP contribution >= 0.6 is 0 Å². The number of nitrogens with zero attached hydrogens (tertiary/aromatic N) is 1. The van der Waals surface area contributed by atoms with Crippen LogP contribution in [0, 0.1) is 0 Å². The smallest absolute Gasteiger partial charge is 0.329 e. The molecule has 16 heavy (non-hydrogen) atoms. The number of carboxylic acids is 1. The Bertz CT molecular complexity index is 291. The van der Waals surface area contributed by atoms with E-state index in [1.165, 1.54) is 12.0 Å². The zero-order valence-corrected chi connectivity index (χ0v) is 9.60. The molecule has 6 nitrogen and oxygen atoms in total. The lowest BCUT2D eigenvalue weighted by atomic mass is 9.99. The number of ether oxygens (including phenoxy) is 1. The van der Waals surface area contributed by atoms with Crippen LogP contribution < -0.4 is 5.73 Å². The van der Waals surface area contributed by atoms with E-state index < -0.39 is 17.6 Å². The average Bonchev–Trinajstić information content (AvgIpc) is 2.63. The minimum absolute atomic E-state index is 0.0571. The van der Waals surface area contributed by atoms with Gasteiger partial charge in [0, 0.05) is 20.2 Å². The van der Waals surface area contributed by atoms with E-state index in [1.54, 1.807) is 6.92 Å². The molecule has 0 radical (unpaired) electrons. The van der Waals surface area contributed by atoms with Gasteiger partial charge in [0.05, 0.1) is 0 Å². The lowest BCUT2D eigenvalue weighted by Crippen LogP contribution is -2.55. The Morgan fingerprint density at radius 1 is 1.62 bits per heavy atom. The molecule has 2 atom stereocenters. The summed E-state index contributed by atoms with van der Waals surface area (Å²) in [7, 11) is 1.39. The molecule has 92 valence electrons. The molecule has 3 N–H and O–H groups in total. The molecule has 1 aliphatic heterocycles. The first-order valence-corrected chi connectivity index (χ1v) is 5.25. The van der Waals surface area contributed by atoms with Crippen molar-refractivity contribution >= 4 is 11.9 Å². The maximum atomic E-state index is 12.0. The van der Waals surface area contributed by atoms with Crippen LogP contribution in [0.25, 0.3) is 0 Å². The summed E-state index contributed by atoms with van der Waals surface area (Å²) in [6.45, 7) is 2.06. The number of carboxylic acid groups (broad SMARTS) is 1. The maximum Gasteiger partial charge on any atom is 0.329 e. The standard InChI is InChI=1S/C10H18N2O4/c1-10(9(14)15)4-3-5-12(10)8(13)7(6-11)16-2/h7H,3-6,11H2,1-2H3,(H,14,15). The molecular formula is C10H18N2O4. The van der Waals surface area contributed by atoms with Gasteiger partial charge >= 0.3 is 5.97 Å². The van der Waals surface area contributed by atoms with Crippen LogP contribution in [0.2, 0.25) is 0 Å². The molecule has 0 aromatic heterocycles. The van der Waals surface area contributed by atoms with Crippen molar-refractivity contribution in [2.75, 3.05) is 20.2 Å². The third-order valence-corrected chi connectivity index (χ3v) is 3.14. The maximum absolute atomic E-state index is 12.0. The number of nitrogens with two attached hydrogens (primary N) is 1. The quantitative estimate of drug-likeness (QED) is 0.674. The summed E-state index contributed by atoms with van der Waals surface area (Å²) in [6, 6.07) is 0. The lowest BCUT2D eigenvalue weighted by molar-refractivity contribution is -0.159. The summed E-state index contributed by atoms with van der Waals surface area (Å²) < 4.78 is 4.94. The Morgan fingerprint density at radius 2 is 2.25 bits per heavy atom. The van der Waals surface area contributed by atoms with Crippen molar-refractivity contribution in [1.82, 2.24) is 4.90 Å². The number of aliphatic carboxylic acids is 1. The zero-order chi connectivity index (χ0) is 12.3. The monoisotopic (exact) mass is 230 g/mol. The number of methoxy groups -OCH3 is 1. The first kappa shape index (κ1) is 12.9. The van der Waals surface area contributed by atoms with Crippen molar-refractivity contribution in [3.63, 3.8) is 0 Å². The van der Waals surface area contributed by atoms with Gasteiger partial charge in [-0.2, -0.15) is 0 Å². The third-order valence-electron chi connectivity index (χ3n) is 3.14. The topological polar surface area (TPSA) is 92.9 Å². The normalized spacial score (nSPS) is 26.8. The molecule has 0 bridgehead atoms. The highest BCUT2D eigenvalue weighted by molar-refractivity contribution is 5.89. The van der Waals surface area contributed by atoms with Gasteiger partial charge in [0.15, 0.2) is 0 Å². The van der Waals surface area contributed by atoms with Crippen LogP contribution in [0.5, 0.6) is 0 Å². The van der Waals surface area contributed by atoms with Gasteiger partial charge in [-0.15, -0.1) is 0 Å². The van der Waals surface area contributed by atoms with E-state index in [0.717, 1.165) is 0 Å². The molecule has 0 spiro atoms. The molecule has 1 aliphatic rings. The van der Waals surface area contributed by atoms with E-state index in [0.29, 0.717) is 19.4 Å². The molecule has 0 saturated carbocycles. The van der Waals surface area contributed by atoms with Gasteiger partial charge < -0.3 is 20.5 Å². The number of likely N-dealkylation sites (tertiary alicyclic amines) is 1. The average molecular weight is 230 g/mol. The molecule has 1 heterocycles. The molecule has 1 rings (SSSR count). The van der Waals surface area contributed by atoms with Crippen molar-refractivity contribution in [3.05, 3.63) is 0 Å². The minimum atomic E-state index is -1.12. The SMILES string of the molecule is COC(CN)C(=O)N1CCCC1(C)C(=O)O. The Labute approximate surface area is 94.3 Å². The van der Waals surface area contributed by atoms with Crippen LogP contribution in [0.15, 0.2) is 0 Å². The molecule has 0 aliphatic carbocycles. The van der Waals surface area contributed by atoms with Gasteiger partial charge in [-0.05, 0) is 19.8 Å². The first-order chi connectivity index (χ1) is 7.47. The van der Waals surface area contributed by atoms with Crippen LogP contribution in [-0.2, 0) is 14.3 Å². The van der Waals surface area contributed by atoms with Crippen molar-refractivity contribution in [2.24, 2.45) is 5.73 Å². The molecule has 6 heteroatoms. The summed E-state index contributed by atoms with van der Waals surface area (Å²) in [6.07, 6.45) is 0.404. The highest BCUT2D eigenvalue weighted by Gasteiger charge is 2.47. The van der Waals surface area contributed by atoms with Crippen molar-refractivity contribution < 1.29 is 19.4 Å². The van der Waals surface area contributed by atoms with E-state index >= 15 is 0 Å². The zero-order valence-electron chi connectivity index (χ0n) is 9.60. The fourth-order valence-electron chi connectivity index (χ4n) is 2.01. The van der Waals surface area contributed by atoms with Crippen LogP contribution in [0.1, 0.15) is 19.8 Å². The molecule has 0 aromatic carbocycles. The van der Waals surface area contributed by atoms with Gasteiger partial charge in [-0.3, -0.25) is 4.79 Å². The number of carbonyl (C=O) groups is 2. The van der Waals surface area contributed by atoms with Gasteiger partial charge in [0.25, 0.3) is 5.91 Å². The summed E-state index contributed by atoms with van der Waals surface area (Å²) >= 11 is 0. The summed E-state index contributed by atoms with van der Waals surface area (Å²) in [5.41, 5.74) is 4.27. The van der Waals surface area contributed by atoms with E-state index in [4.69, 9.17) is 15.6 Å². The number of amides is 1. The summed E-state index contributed by atoms with van der Waals surface area (Å²) in [5.74, 6) is -1.32. The Kier molecular flexibility index (Phi) is 3.88. The van der Waals surface area contributed by atoms with E-state index in [9.17, 15) is 9.59 Å². The van der Waals surface area contributed by atoms with Crippen molar-refractivity contribution in [1.29, 1.82) is 0 Å². The number of carbonyl (C=O) groups excluding carboxylic acids is 1. The molecule has 2 unspecified atom stereocenters. The lowest BCUT2D eigenvalue weighted by Gasteiger charge is -2.33. The van der Waals surface area contributed by atoms with E-state index in [-0.39, 0.29) is 12.5 Å². The molecule has 1 amide bonds. The number of hydrogen-bond acceptors (Lipinski definition) is 4. The molecule has 1 fully saturated rings. The molecule has 0 aromatic rings. The van der Waals surface area contributed by atoms with Gasteiger partial charge in [0.2, 0.25) is 0 Å². The van der Waals surface area contributed by atoms with Gasteiger partial charge in [0.1, 0.15) is 11.6 Å². The fraction of sp³-hybridized carbons (Fsp3) is 0.800. The molecule has 1 saturated heterocycles. The second kappa shape index (κ2) is 4.80. The predicted octanol–water partition coefficient (Wildman–Crippen LogP) is -0.574. The highest BCUT2D eigenvalue weighted by atomic mass is 16.5. The van der Waals surface area contributed by atoms with Crippen molar-refractivity contribution in [3.8, 4) is 0 Å². The fourth-order valence-corrected chi connectivity index (χ4v) is 2.01. The predicted molar refractivity (Wildman–Crippen MR) is 56.8 cm³/mol. The first-order valence-electron chi connectivity index (χ1n) is 5.25. The van der Waals surface area contributed by atoms with E-state index in [2.05, 4.69) is 0 Å². The van der Waals surface area contributed by atoms with Gasteiger partial charge in [-0.1, -0.05) is 0 Å². The van der Waals surface area contributed by atoms with Crippen LogP contribution in [-0.4, -0.2) is 53.7 Å². The van der Waals surface area contributed by atoms with Crippen LogP contribution in [0.4, 0.5) is 0 Å². The Hall–Kier alpha value is -1.14. The second-order valence-electron chi connectivity index (χ2n) is 4.13. The number of rotatable bonds is 4. The van der Waals surface area contributed by atoms with Gasteiger partial charge in [-0.25, -0.2) is 4.79 Å². The number of hydrogen-bond donors (Lipinski definition) is 2. The van der Waals surface area contributed by atoms with E-state index in [1.807, 2.05) is 0 Å².